The van der Waals surface area contributed by atoms with Crippen molar-refractivity contribution >= 4 is 13.4 Å². The van der Waals surface area contributed by atoms with E-state index in [2.05, 4.69) is 10.5 Å². The zero-order chi connectivity index (χ0) is 23.0. The monoisotopic (exact) mass is 456 g/mol. The maximum Gasteiger partial charge on any atom is 0.403 e. The minimum Gasteiger partial charge on any atom is -0.502 e. The van der Waals surface area contributed by atoms with E-state index in [9.17, 15) is 9.67 Å². The van der Waals surface area contributed by atoms with Crippen LogP contribution in [-0.2, 0) is 9.19 Å². The summed E-state index contributed by atoms with van der Waals surface area (Å²) >= 11 is 0. The van der Waals surface area contributed by atoms with E-state index in [1.165, 1.54) is 46.8 Å². The van der Waals surface area contributed by atoms with E-state index < -0.39 is 13.3 Å². The van der Waals surface area contributed by atoms with E-state index >= 15 is 0 Å². The molecule has 1 atom stereocenters. The normalized spacial score (nSPS) is 12.7. The topological polar surface area (TPSA) is 118 Å². The number of nitrogens with one attached hydrogen (secondary N) is 1. The molecule has 0 aliphatic rings. The molecule has 0 amide bonds. The van der Waals surface area contributed by atoms with Gasteiger partial charge < -0.3 is 28.6 Å². The summed E-state index contributed by atoms with van der Waals surface area (Å²) in [6, 6.07) is 4.43. The highest BCUT2D eigenvalue weighted by atomic mass is 31.2. The van der Waals surface area contributed by atoms with Crippen LogP contribution in [0.5, 0.6) is 34.5 Å². The molecule has 172 valence electrons. The number of aromatic hydroxyl groups is 1. The van der Waals surface area contributed by atoms with Gasteiger partial charge in [-0.1, -0.05) is 13.8 Å². The quantitative estimate of drug-likeness (QED) is 0.346. The third-order valence-electron chi connectivity index (χ3n) is 4.64. The van der Waals surface area contributed by atoms with Crippen molar-refractivity contribution in [3.8, 4) is 34.5 Å². The van der Waals surface area contributed by atoms with E-state index in [1.54, 1.807) is 6.07 Å². The first-order valence-corrected chi connectivity index (χ1v) is 11.2. The van der Waals surface area contributed by atoms with Gasteiger partial charge >= 0.3 is 7.60 Å². The fourth-order valence-corrected chi connectivity index (χ4v) is 4.78. The van der Waals surface area contributed by atoms with Gasteiger partial charge in [-0.15, -0.1) is 0 Å². The van der Waals surface area contributed by atoms with Gasteiger partial charge in [-0.2, -0.15) is 4.62 Å². The molecule has 1 aromatic carbocycles. The molecule has 1 aromatic heterocycles. The molecule has 0 saturated heterocycles. The number of ether oxygens (including phenoxy) is 4. The predicted octanol–water partition coefficient (Wildman–Crippen LogP) is 4.63. The molecular weight excluding hydrogens is 427 g/mol. The van der Waals surface area contributed by atoms with Crippen LogP contribution >= 0.6 is 7.60 Å². The number of benzene rings is 1. The number of aromatic nitrogens is 1. The first kappa shape index (κ1) is 24.4. The minimum absolute atomic E-state index is 0.106. The second-order valence-electron chi connectivity index (χ2n) is 6.37. The van der Waals surface area contributed by atoms with Gasteiger partial charge in [0.1, 0.15) is 5.75 Å². The highest BCUT2D eigenvalue weighted by Gasteiger charge is 2.37. The van der Waals surface area contributed by atoms with Crippen molar-refractivity contribution < 1.29 is 37.8 Å². The van der Waals surface area contributed by atoms with Gasteiger partial charge in [-0.05, 0) is 12.8 Å². The van der Waals surface area contributed by atoms with Gasteiger partial charge in [0.15, 0.2) is 23.1 Å². The molecular formula is C20H29N2O8P. The van der Waals surface area contributed by atoms with Gasteiger partial charge in [-0.3, -0.25) is 0 Å². The largest absolute Gasteiger partial charge is 0.502 e. The summed E-state index contributed by atoms with van der Waals surface area (Å²) in [7, 11) is 1.93. The van der Waals surface area contributed by atoms with Crippen LogP contribution in [0.15, 0.2) is 24.4 Å². The number of anilines is 1. The van der Waals surface area contributed by atoms with Crippen molar-refractivity contribution in [3.05, 3.63) is 24.4 Å². The van der Waals surface area contributed by atoms with E-state index in [-0.39, 0.29) is 34.6 Å². The number of hydrogen-bond donors (Lipinski definition) is 2. The summed E-state index contributed by atoms with van der Waals surface area (Å²) < 4.78 is 46.1. The predicted molar refractivity (Wildman–Crippen MR) is 116 cm³/mol. The SMILES string of the molecule is CCC(CC)P(=O)(ONc1nccc(OC)c1OC)Oc1cc(OC)c(O)c(OC)c1. The molecule has 2 N–H and O–H groups in total. The zero-order valence-corrected chi connectivity index (χ0v) is 19.4. The van der Waals surface area contributed by atoms with Crippen molar-refractivity contribution in [1.82, 2.24) is 4.98 Å². The molecule has 0 spiro atoms. The Labute approximate surface area is 181 Å². The molecule has 1 heterocycles. The third-order valence-corrected chi connectivity index (χ3v) is 7.07. The fourth-order valence-electron chi connectivity index (χ4n) is 2.94. The average Bonchev–Trinajstić information content (AvgIpc) is 2.78. The third kappa shape index (κ3) is 5.45. The standard InChI is InChI=1S/C20H29N2O8P/c1-7-14(8-2)31(24,29-13-11-16(26-4)18(23)17(12-13)27-5)30-22-20-19(28-6)15(25-3)9-10-21-20/h9-12,14,23H,7-8H2,1-6H3,(H,21,22). The number of nitrogens with zero attached hydrogens (tertiary/aromatic N) is 1. The fraction of sp³-hybridized carbons (Fsp3) is 0.450. The van der Waals surface area contributed by atoms with Crippen molar-refractivity contribution in [1.29, 1.82) is 0 Å². The Morgan fingerprint density at radius 1 is 1.00 bits per heavy atom. The maximum atomic E-state index is 13.8. The molecule has 11 heteroatoms. The Morgan fingerprint density at radius 3 is 2.06 bits per heavy atom. The Balaban J connectivity index is 2.40. The van der Waals surface area contributed by atoms with Crippen LogP contribution in [0, 0.1) is 0 Å². The van der Waals surface area contributed by atoms with Crippen molar-refractivity contribution in [2.75, 3.05) is 33.9 Å². The van der Waals surface area contributed by atoms with Gasteiger partial charge in [0.2, 0.25) is 11.5 Å². The number of phenols is 1. The van der Waals surface area contributed by atoms with Gasteiger partial charge in [-0.25, -0.2) is 15.0 Å². The highest BCUT2D eigenvalue weighted by Crippen LogP contribution is 2.56. The Hall–Kier alpha value is -2.84. The lowest BCUT2D eigenvalue weighted by atomic mass is 10.3. The molecule has 0 saturated carbocycles. The van der Waals surface area contributed by atoms with E-state index in [1.807, 2.05) is 13.8 Å². The van der Waals surface area contributed by atoms with Gasteiger partial charge in [0, 0.05) is 24.4 Å². The van der Waals surface area contributed by atoms with E-state index in [4.69, 9.17) is 28.1 Å². The minimum atomic E-state index is -3.79. The summed E-state index contributed by atoms with van der Waals surface area (Å²) in [6.45, 7) is 3.77. The van der Waals surface area contributed by atoms with Crippen molar-refractivity contribution in [3.63, 3.8) is 0 Å². The van der Waals surface area contributed by atoms with E-state index in [0.717, 1.165) is 0 Å². The Kier molecular flexibility index (Phi) is 8.65. The molecule has 1 unspecified atom stereocenters. The van der Waals surface area contributed by atoms with Crippen LogP contribution in [0.4, 0.5) is 5.82 Å². The first-order chi connectivity index (χ1) is 14.9. The average molecular weight is 456 g/mol. The first-order valence-electron chi connectivity index (χ1n) is 9.63. The zero-order valence-electron chi connectivity index (χ0n) is 18.5. The Morgan fingerprint density at radius 2 is 1.58 bits per heavy atom. The number of hydrogen-bond acceptors (Lipinski definition) is 10. The number of pyridine rings is 1. The second kappa shape index (κ2) is 11.0. The lowest BCUT2D eigenvalue weighted by Crippen LogP contribution is -2.17. The maximum absolute atomic E-state index is 13.8. The molecule has 10 nitrogen and oxygen atoms in total. The summed E-state index contributed by atoms with van der Waals surface area (Å²) in [5.74, 6) is 1.05. The molecule has 2 rings (SSSR count). The van der Waals surface area contributed by atoms with Crippen LogP contribution in [0.1, 0.15) is 26.7 Å². The van der Waals surface area contributed by atoms with Crippen LogP contribution in [0.2, 0.25) is 0 Å². The molecule has 0 bridgehead atoms. The van der Waals surface area contributed by atoms with Crippen LogP contribution < -0.4 is 29.0 Å². The summed E-state index contributed by atoms with van der Waals surface area (Å²) in [5, 5.41) is 10.1. The summed E-state index contributed by atoms with van der Waals surface area (Å²) in [5.41, 5.74) is 2.17. The number of rotatable bonds is 12. The molecule has 0 aliphatic carbocycles. The molecule has 0 radical (unpaired) electrons. The molecule has 2 aromatic rings. The van der Waals surface area contributed by atoms with Gasteiger partial charge in [0.05, 0.1) is 34.1 Å². The van der Waals surface area contributed by atoms with Gasteiger partial charge in [0.25, 0.3) is 0 Å². The van der Waals surface area contributed by atoms with Crippen LogP contribution in [0.25, 0.3) is 0 Å². The van der Waals surface area contributed by atoms with E-state index in [0.29, 0.717) is 18.6 Å². The highest BCUT2D eigenvalue weighted by molar-refractivity contribution is 7.55. The molecule has 0 aliphatic heterocycles. The Bertz CT molecular complexity index is 895. The molecule has 31 heavy (non-hydrogen) atoms. The number of phenolic OH excluding ortho intramolecular Hbond substituents is 1. The lowest BCUT2D eigenvalue weighted by molar-refractivity contribution is 0.294. The van der Waals surface area contributed by atoms with Crippen molar-refractivity contribution in [2.24, 2.45) is 0 Å². The molecule has 0 fully saturated rings. The lowest BCUT2D eigenvalue weighted by Gasteiger charge is -2.26. The van der Waals surface area contributed by atoms with Crippen LogP contribution in [0.3, 0.4) is 0 Å². The number of methoxy groups -OCH3 is 4. The summed E-state index contributed by atoms with van der Waals surface area (Å²) in [4.78, 5) is 4.15. The second-order valence-corrected chi connectivity index (χ2v) is 8.54. The smallest absolute Gasteiger partial charge is 0.403 e. The summed E-state index contributed by atoms with van der Waals surface area (Å²) in [6.07, 6.45) is 2.56. The van der Waals surface area contributed by atoms with Crippen LogP contribution in [-0.4, -0.2) is 44.2 Å². The van der Waals surface area contributed by atoms with Crippen molar-refractivity contribution in [2.45, 2.75) is 32.3 Å².